The van der Waals surface area contributed by atoms with E-state index in [1.807, 2.05) is 12.1 Å². The summed E-state index contributed by atoms with van der Waals surface area (Å²) in [7, 11) is 0. The molecule has 1 unspecified atom stereocenters. The number of halogens is 1. The molecule has 1 atom stereocenters. The number of nitrogens with one attached hydrogen (secondary N) is 1. The van der Waals surface area contributed by atoms with Crippen LogP contribution >= 0.6 is 15.9 Å². The van der Waals surface area contributed by atoms with Crippen molar-refractivity contribution in [2.45, 2.75) is 33.7 Å². The van der Waals surface area contributed by atoms with Crippen molar-refractivity contribution >= 4 is 15.9 Å². The number of ether oxygens (including phenoxy) is 2. The normalized spacial score (nSPS) is 12.7. The van der Waals surface area contributed by atoms with Crippen LogP contribution in [-0.2, 0) is 4.74 Å². The van der Waals surface area contributed by atoms with E-state index in [1.165, 1.54) is 5.56 Å². The van der Waals surface area contributed by atoms with Crippen molar-refractivity contribution in [3.8, 4) is 5.75 Å². The predicted molar refractivity (Wildman–Crippen MR) is 87.4 cm³/mol. The van der Waals surface area contributed by atoms with E-state index >= 15 is 0 Å². The minimum Gasteiger partial charge on any atom is -0.491 e. The van der Waals surface area contributed by atoms with Crippen LogP contribution in [0.15, 0.2) is 22.7 Å². The summed E-state index contributed by atoms with van der Waals surface area (Å²) < 4.78 is 12.5. The molecule has 3 nitrogen and oxygen atoms in total. The second-order valence-corrected chi connectivity index (χ2v) is 6.19. The molecule has 1 aromatic rings. The Balaban J connectivity index is 2.55. The second-order valence-electron chi connectivity index (χ2n) is 5.28. The molecule has 1 rings (SSSR count). The molecular weight excluding hydrogens is 318 g/mol. The first-order valence-corrected chi connectivity index (χ1v) is 8.07. The van der Waals surface area contributed by atoms with Crippen LogP contribution < -0.4 is 10.1 Å². The molecule has 1 aromatic carbocycles. The van der Waals surface area contributed by atoms with Gasteiger partial charge in [-0.3, -0.25) is 0 Å². The van der Waals surface area contributed by atoms with E-state index in [2.05, 4.69) is 55.0 Å². The summed E-state index contributed by atoms with van der Waals surface area (Å²) in [6.07, 6.45) is 0. The highest BCUT2D eigenvalue weighted by Crippen LogP contribution is 2.28. The van der Waals surface area contributed by atoms with Crippen molar-refractivity contribution in [3.63, 3.8) is 0 Å². The standard InChI is InChI=1S/C16H26BrNO2/c1-5-18-13(4)15-10-14(17)6-7-16(15)20-9-8-19-11-12(2)3/h6-7,10,12-13,18H,5,8-9,11H2,1-4H3. The number of rotatable bonds is 9. The second kappa shape index (κ2) is 9.37. The summed E-state index contributed by atoms with van der Waals surface area (Å²) >= 11 is 3.52. The fraction of sp³-hybridized carbons (Fsp3) is 0.625. The van der Waals surface area contributed by atoms with Gasteiger partial charge in [-0.25, -0.2) is 0 Å². The highest BCUT2D eigenvalue weighted by molar-refractivity contribution is 9.10. The van der Waals surface area contributed by atoms with Gasteiger partial charge in [0, 0.05) is 22.7 Å². The molecule has 0 bridgehead atoms. The van der Waals surface area contributed by atoms with Crippen LogP contribution in [0.1, 0.15) is 39.3 Å². The van der Waals surface area contributed by atoms with Gasteiger partial charge in [0.2, 0.25) is 0 Å². The van der Waals surface area contributed by atoms with Crippen molar-refractivity contribution in [3.05, 3.63) is 28.2 Å². The maximum Gasteiger partial charge on any atom is 0.124 e. The van der Waals surface area contributed by atoms with E-state index in [1.54, 1.807) is 0 Å². The molecule has 114 valence electrons. The SMILES string of the molecule is CCNC(C)c1cc(Br)ccc1OCCOCC(C)C. The Bertz CT molecular complexity index is 396. The lowest BCUT2D eigenvalue weighted by molar-refractivity contribution is 0.0815. The van der Waals surface area contributed by atoms with Crippen LogP contribution in [-0.4, -0.2) is 26.4 Å². The Morgan fingerprint density at radius 3 is 2.60 bits per heavy atom. The predicted octanol–water partition coefficient (Wildman–Crippen LogP) is 4.17. The fourth-order valence-electron chi connectivity index (χ4n) is 1.93. The summed E-state index contributed by atoms with van der Waals surface area (Å²) in [5.41, 5.74) is 1.17. The van der Waals surface area contributed by atoms with Gasteiger partial charge in [0.25, 0.3) is 0 Å². The van der Waals surface area contributed by atoms with Crippen LogP contribution in [0.2, 0.25) is 0 Å². The van der Waals surface area contributed by atoms with Gasteiger partial charge in [0.1, 0.15) is 12.4 Å². The summed E-state index contributed by atoms with van der Waals surface area (Å²) in [5.74, 6) is 1.49. The van der Waals surface area contributed by atoms with E-state index in [0.717, 1.165) is 23.4 Å². The molecule has 0 heterocycles. The Morgan fingerprint density at radius 2 is 1.95 bits per heavy atom. The van der Waals surface area contributed by atoms with Gasteiger partial charge in [-0.2, -0.15) is 0 Å². The van der Waals surface area contributed by atoms with Crippen LogP contribution in [0.25, 0.3) is 0 Å². The van der Waals surface area contributed by atoms with Crippen LogP contribution in [0.3, 0.4) is 0 Å². The molecule has 0 amide bonds. The summed E-state index contributed by atoms with van der Waals surface area (Å²) in [6.45, 7) is 11.5. The highest BCUT2D eigenvalue weighted by Gasteiger charge is 2.11. The van der Waals surface area contributed by atoms with Crippen molar-refractivity contribution in [2.24, 2.45) is 5.92 Å². The average molecular weight is 344 g/mol. The summed E-state index contributed by atoms with van der Waals surface area (Å²) in [4.78, 5) is 0. The highest BCUT2D eigenvalue weighted by atomic mass is 79.9. The van der Waals surface area contributed by atoms with Gasteiger partial charge in [0.05, 0.1) is 6.61 Å². The van der Waals surface area contributed by atoms with Crippen molar-refractivity contribution in [1.29, 1.82) is 0 Å². The first kappa shape index (κ1) is 17.5. The monoisotopic (exact) mass is 343 g/mol. The molecule has 0 aliphatic heterocycles. The average Bonchev–Trinajstić information content (AvgIpc) is 2.39. The van der Waals surface area contributed by atoms with Gasteiger partial charge in [-0.05, 0) is 37.6 Å². The lowest BCUT2D eigenvalue weighted by atomic mass is 10.1. The molecule has 20 heavy (non-hydrogen) atoms. The Hall–Kier alpha value is -0.580. The molecule has 0 aliphatic rings. The van der Waals surface area contributed by atoms with E-state index in [-0.39, 0.29) is 6.04 Å². The first-order valence-electron chi connectivity index (χ1n) is 7.28. The van der Waals surface area contributed by atoms with Crippen LogP contribution in [0.4, 0.5) is 0 Å². The van der Waals surface area contributed by atoms with E-state index in [0.29, 0.717) is 19.1 Å². The zero-order chi connectivity index (χ0) is 15.0. The molecule has 4 heteroatoms. The maximum absolute atomic E-state index is 5.86. The lowest BCUT2D eigenvalue weighted by Gasteiger charge is -2.18. The third-order valence-electron chi connectivity index (χ3n) is 2.89. The Morgan fingerprint density at radius 1 is 1.20 bits per heavy atom. The number of hydrogen-bond donors (Lipinski definition) is 1. The molecule has 0 radical (unpaired) electrons. The van der Waals surface area contributed by atoms with Crippen molar-refractivity contribution in [1.82, 2.24) is 5.32 Å². The molecule has 0 aliphatic carbocycles. The van der Waals surface area contributed by atoms with E-state index in [4.69, 9.17) is 9.47 Å². The van der Waals surface area contributed by atoms with Crippen molar-refractivity contribution < 1.29 is 9.47 Å². The molecule has 1 N–H and O–H groups in total. The number of benzene rings is 1. The first-order chi connectivity index (χ1) is 9.54. The maximum atomic E-state index is 5.86. The van der Waals surface area contributed by atoms with Gasteiger partial charge in [-0.15, -0.1) is 0 Å². The van der Waals surface area contributed by atoms with E-state index < -0.39 is 0 Å². The minimum atomic E-state index is 0.268. The van der Waals surface area contributed by atoms with Crippen molar-refractivity contribution in [2.75, 3.05) is 26.4 Å². The molecule has 0 fully saturated rings. The molecule has 0 aromatic heterocycles. The number of hydrogen-bond acceptors (Lipinski definition) is 3. The van der Waals surface area contributed by atoms with Crippen LogP contribution in [0, 0.1) is 5.92 Å². The summed E-state index contributed by atoms with van der Waals surface area (Å²) in [6, 6.07) is 6.39. The topological polar surface area (TPSA) is 30.5 Å². The zero-order valence-corrected chi connectivity index (χ0v) is 14.5. The quantitative estimate of drug-likeness (QED) is 0.682. The minimum absolute atomic E-state index is 0.268. The third kappa shape index (κ3) is 6.25. The summed E-state index contributed by atoms with van der Waals surface area (Å²) in [5, 5.41) is 3.41. The zero-order valence-electron chi connectivity index (χ0n) is 12.9. The lowest BCUT2D eigenvalue weighted by Crippen LogP contribution is -2.19. The Labute approximate surface area is 131 Å². The fourth-order valence-corrected chi connectivity index (χ4v) is 2.31. The van der Waals surface area contributed by atoms with E-state index in [9.17, 15) is 0 Å². The van der Waals surface area contributed by atoms with Crippen LogP contribution in [0.5, 0.6) is 5.75 Å². The third-order valence-corrected chi connectivity index (χ3v) is 3.38. The van der Waals surface area contributed by atoms with Gasteiger partial charge < -0.3 is 14.8 Å². The van der Waals surface area contributed by atoms with Gasteiger partial charge in [0.15, 0.2) is 0 Å². The molecular formula is C16H26BrNO2. The smallest absolute Gasteiger partial charge is 0.124 e. The van der Waals surface area contributed by atoms with Gasteiger partial charge >= 0.3 is 0 Å². The molecule has 0 saturated carbocycles. The van der Waals surface area contributed by atoms with Gasteiger partial charge in [-0.1, -0.05) is 36.7 Å². The largest absolute Gasteiger partial charge is 0.491 e. The molecule has 0 spiro atoms. The molecule has 0 saturated heterocycles. The Kier molecular flexibility index (Phi) is 8.19.